The van der Waals surface area contributed by atoms with E-state index in [2.05, 4.69) is 15.6 Å². The lowest BCUT2D eigenvalue weighted by atomic mass is 10.0. The molecule has 8 N–H and O–H groups in total. The summed E-state index contributed by atoms with van der Waals surface area (Å²) in [6.45, 7) is 0.437. The lowest BCUT2D eigenvalue weighted by Crippen LogP contribution is -2.58. The summed E-state index contributed by atoms with van der Waals surface area (Å²) in [4.78, 5) is 38.6. The Hall–Kier alpha value is -2.95. The van der Waals surface area contributed by atoms with Crippen molar-refractivity contribution in [3.8, 4) is 0 Å². The van der Waals surface area contributed by atoms with E-state index in [-0.39, 0.29) is 6.42 Å². The molecule has 2 aromatic rings. The van der Waals surface area contributed by atoms with Gasteiger partial charge in [-0.2, -0.15) is 0 Å². The van der Waals surface area contributed by atoms with Crippen LogP contribution in [-0.4, -0.2) is 68.9 Å². The van der Waals surface area contributed by atoms with Crippen LogP contribution < -0.4 is 16.4 Å². The molecule has 1 aromatic heterocycles. The molecule has 4 atom stereocenters. The molecule has 10 nitrogen and oxygen atoms in total. The van der Waals surface area contributed by atoms with Gasteiger partial charge in [0.25, 0.3) is 0 Å². The lowest BCUT2D eigenvalue weighted by molar-refractivity contribution is -0.144. The molecule has 4 unspecified atom stereocenters. The molecule has 2 amide bonds. The molecule has 0 bridgehead atoms. The van der Waals surface area contributed by atoms with Crippen LogP contribution >= 0.6 is 0 Å². The highest BCUT2D eigenvalue weighted by Gasteiger charge is 2.30. The van der Waals surface area contributed by atoms with E-state index in [4.69, 9.17) is 15.9 Å². The number of carboxylic acids is 1. The number of aliphatic hydroxyl groups excluding tert-OH is 2. The number of benzene rings is 1. The van der Waals surface area contributed by atoms with Crippen LogP contribution in [0.4, 0.5) is 0 Å². The molecule has 0 saturated heterocycles. The summed E-state index contributed by atoms with van der Waals surface area (Å²) in [5, 5.41) is 33.0. The molecule has 0 saturated carbocycles. The van der Waals surface area contributed by atoms with Crippen molar-refractivity contribution in [2.45, 2.75) is 37.6 Å². The highest BCUT2D eigenvalue weighted by molar-refractivity contribution is 5.92. The van der Waals surface area contributed by atoms with Crippen LogP contribution in [0.2, 0.25) is 0 Å². The number of nitrogens with one attached hydrogen (secondary N) is 3. The fraction of sp³-hybridized carbons (Fsp3) is 0.389. The Balaban J connectivity index is 2.04. The number of fused-ring (bicyclic) bond motifs is 1. The summed E-state index contributed by atoms with van der Waals surface area (Å²) < 4.78 is 0. The number of amides is 2. The van der Waals surface area contributed by atoms with Crippen molar-refractivity contribution in [2.24, 2.45) is 5.73 Å². The molecule has 0 radical (unpaired) electrons. The molecular weight excluding hydrogens is 368 g/mol. The highest BCUT2D eigenvalue weighted by atomic mass is 16.4. The maximum Gasteiger partial charge on any atom is 0.328 e. The zero-order valence-corrected chi connectivity index (χ0v) is 15.3. The van der Waals surface area contributed by atoms with Gasteiger partial charge in [0.15, 0.2) is 0 Å². The molecule has 0 aliphatic heterocycles. The van der Waals surface area contributed by atoms with Crippen LogP contribution in [0.1, 0.15) is 12.5 Å². The molecule has 1 heterocycles. The van der Waals surface area contributed by atoms with E-state index in [9.17, 15) is 19.5 Å². The van der Waals surface area contributed by atoms with Gasteiger partial charge in [-0.3, -0.25) is 9.59 Å². The maximum atomic E-state index is 12.4. The van der Waals surface area contributed by atoms with Gasteiger partial charge < -0.3 is 36.7 Å². The average molecular weight is 392 g/mol. The zero-order chi connectivity index (χ0) is 20.8. The summed E-state index contributed by atoms with van der Waals surface area (Å²) in [6, 6.07) is 3.54. The number of aromatic amines is 1. The molecule has 152 valence electrons. The van der Waals surface area contributed by atoms with Gasteiger partial charge in [-0.25, -0.2) is 4.79 Å². The van der Waals surface area contributed by atoms with E-state index >= 15 is 0 Å². The Morgan fingerprint density at radius 3 is 2.46 bits per heavy atom. The fourth-order valence-corrected chi connectivity index (χ4v) is 2.74. The van der Waals surface area contributed by atoms with Crippen LogP contribution in [0.3, 0.4) is 0 Å². The number of hydrogen-bond acceptors (Lipinski definition) is 6. The van der Waals surface area contributed by atoms with E-state index in [0.717, 1.165) is 16.5 Å². The van der Waals surface area contributed by atoms with Crippen molar-refractivity contribution in [2.75, 3.05) is 6.61 Å². The zero-order valence-electron chi connectivity index (χ0n) is 15.3. The number of nitrogens with two attached hydrogens (primary N) is 1. The minimum Gasteiger partial charge on any atom is -0.480 e. The number of aromatic nitrogens is 1. The number of carboxylic acid groups (broad SMARTS) is 1. The first-order valence-corrected chi connectivity index (χ1v) is 8.67. The van der Waals surface area contributed by atoms with Gasteiger partial charge in [-0.05, 0) is 25.0 Å². The van der Waals surface area contributed by atoms with E-state index in [0.29, 0.717) is 0 Å². The van der Waals surface area contributed by atoms with Crippen molar-refractivity contribution >= 4 is 28.7 Å². The van der Waals surface area contributed by atoms with E-state index in [1.165, 1.54) is 6.92 Å². The number of aliphatic carboxylic acids is 1. The van der Waals surface area contributed by atoms with E-state index in [1.807, 2.05) is 24.3 Å². The predicted octanol–water partition coefficient (Wildman–Crippen LogP) is -1.53. The standard InChI is InChI=1S/C18H24N4O6/c1-9(24)15(17(26)21-14(8-23)18(27)28)22-16(25)12(19)6-10-7-20-13-5-3-2-4-11(10)13/h2-5,7,9,12,14-15,20,23-24H,6,8,19H2,1H3,(H,21,26)(H,22,25)(H,27,28). The fourth-order valence-electron chi connectivity index (χ4n) is 2.74. The smallest absolute Gasteiger partial charge is 0.328 e. The third kappa shape index (κ3) is 5.06. The minimum absolute atomic E-state index is 0.193. The van der Waals surface area contributed by atoms with Crippen LogP contribution in [0.15, 0.2) is 30.5 Å². The maximum absolute atomic E-state index is 12.4. The van der Waals surface area contributed by atoms with Gasteiger partial charge in [0.2, 0.25) is 11.8 Å². The number of rotatable bonds is 9. The number of aliphatic hydroxyl groups is 2. The van der Waals surface area contributed by atoms with Crippen LogP contribution in [0.5, 0.6) is 0 Å². The van der Waals surface area contributed by atoms with Crippen molar-refractivity contribution in [3.05, 3.63) is 36.0 Å². The topological polar surface area (TPSA) is 178 Å². The molecule has 10 heteroatoms. The summed E-state index contributed by atoms with van der Waals surface area (Å²) in [5.41, 5.74) is 7.67. The number of carbonyl (C=O) groups excluding carboxylic acids is 2. The van der Waals surface area contributed by atoms with E-state index < -0.39 is 48.6 Å². The molecule has 0 aliphatic carbocycles. The first kappa shape index (κ1) is 21.4. The lowest BCUT2D eigenvalue weighted by Gasteiger charge is -2.24. The second kappa shape index (κ2) is 9.31. The minimum atomic E-state index is -1.55. The molecular formula is C18H24N4O6. The summed E-state index contributed by atoms with van der Waals surface area (Å²) in [7, 11) is 0. The largest absolute Gasteiger partial charge is 0.480 e. The second-order valence-electron chi connectivity index (χ2n) is 6.48. The van der Waals surface area contributed by atoms with Crippen molar-refractivity contribution < 1.29 is 29.7 Å². The van der Waals surface area contributed by atoms with Gasteiger partial charge in [0, 0.05) is 17.1 Å². The second-order valence-corrected chi connectivity index (χ2v) is 6.48. The van der Waals surface area contributed by atoms with Gasteiger partial charge >= 0.3 is 5.97 Å². The van der Waals surface area contributed by atoms with Crippen molar-refractivity contribution in [3.63, 3.8) is 0 Å². The van der Waals surface area contributed by atoms with Crippen LogP contribution in [0.25, 0.3) is 10.9 Å². The Kier molecular flexibility index (Phi) is 7.10. The molecule has 28 heavy (non-hydrogen) atoms. The highest BCUT2D eigenvalue weighted by Crippen LogP contribution is 2.18. The molecule has 1 aromatic carbocycles. The average Bonchev–Trinajstić information content (AvgIpc) is 3.06. The predicted molar refractivity (Wildman–Crippen MR) is 100 cm³/mol. The van der Waals surface area contributed by atoms with Crippen molar-refractivity contribution in [1.29, 1.82) is 0 Å². The molecule has 0 fully saturated rings. The van der Waals surface area contributed by atoms with Crippen LogP contribution in [0, 0.1) is 0 Å². The SMILES string of the molecule is CC(O)C(NC(=O)C(N)Cc1c[nH]c2ccccc12)C(=O)NC(CO)C(=O)O. The third-order valence-corrected chi connectivity index (χ3v) is 4.31. The number of H-pyrrole nitrogens is 1. The van der Waals surface area contributed by atoms with E-state index in [1.54, 1.807) is 6.20 Å². The molecule has 0 spiro atoms. The summed E-state index contributed by atoms with van der Waals surface area (Å²) >= 11 is 0. The number of carbonyl (C=O) groups is 3. The Labute approximate surface area is 160 Å². The van der Waals surface area contributed by atoms with Gasteiger partial charge in [0.05, 0.1) is 18.8 Å². The number of para-hydroxylation sites is 1. The van der Waals surface area contributed by atoms with Crippen LogP contribution in [-0.2, 0) is 20.8 Å². The van der Waals surface area contributed by atoms with Crippen molar-refractivity contribution in [1.82, 2.24) is 15.6 Å². The number of hydrogen-bond donors (Lipinski definition) is 7. The Morgan fingerprint density at radius 2 is 1.86 bits per heavy atom. The third-order valence-electron chi connectivity index (χ3n) is 4.31. The van der Waals surface area contributed by atoms with Gasteiger partial charge in [-0.1, -0.05) is 18.2 Å². The quantitative estimate of drug-likeness (QED) is 0.270. The Bertz CT molecular complexity index is 849. The monoisotopic (exact) mass is 392 g/mol. The summed E-state index contributed by atoms with van der Waals surface area (Å²) in [5.74, 6) is -3.06. The molecule has 2 rings (SSSR count). The van der Waals surface area contributed by atoms with Gasteiger partial charge in [0.1, 0.15) is 12.1 Å². The van der Waals surface area contributed by atoms with Gasteiger partial charge in [-0.15, -0.1) is 0 Å². The molecule has 0 aliphatic rings. The first-order valence-electron chi connectivity index (χ1n) is 8.67. The Morgan fingerprint density at radius 1 is 1.18 bits per heavy atom. The normalized spacial score (nSPS) is 15.4. The first-order chi connectivity index (χ1) is 13.2. The summed E-state index contributed by atoms with van der Waals surface area (Å²) in [6.07, 6.45) is 0.630.